The van der Waals surface area contributed by atoms with Crippen LogP contribution in [-0.2, 0) is 6.42 Å². The summed E-state index contributed by atoms with van der Waals surface area (Å²) < 4.78 is 1.93. The number of hydrogen-bond donors (Lipinski definition) is 1. The number of rotatable bonds is 5. The molecule has 1 aromatic carbocycles. The number of nitrogens with one attached hydrogen (secondary N) is 1. The van der Waals surface area contributed by atoms with E-state index in [1.807, 2.05) is 34.9 Å². The Hall–Kier alpha value is -2.43. The average Bonchev–Trinajstić information content (AvgIpc) is 2.88. The van der Waals surface area contributed by atoms with Crippen molar-refractivity contribution in [2.75, 3.05) is 11.9 Å². The van der Waals surface area contributed by atoms with Crippen LogP contribution in [0.15, 0.2) is 48.8 Å². The third-order valence-corrected chi connectivity index (χ3v) is 2.94. The molecule has 0 saturated heterocycles. The summed E-state index contributed by atoms with van der Waals surface area (Å²) in [4.78, 5) is 4.15. The number of hydrogen-bond acceptors (Lipinski definition) is 4. The van der Waals surface area contributed by atoms with Crippen molar-refractivity contribution in [3.8, 4) is 0 Å². The van der Waals surface area contributed by atoms with Gasteiger partial charge in [0.25, 0.3) is 5.78 Å². The minimum absolute atomic E-state index is 0.661. The highest BCUT2D eigenvalue weighted by Gasteiger charge is 2.04. The fraction of sp³-hybridized carbons (Fsp3) is 0.214. The van der Waals surface area contributed by atoms with Crippen LogP contribution in [0.1, 0.15) is 12.2 Å². The van der Waals surface area contributed by atoms with Crippen LogP contribution in [0.5, 0.6) is 0 Å². The molecule has 0 spiro atoms. The molecule has 1 N–H and O–H groups in total. The van der Waals surface area contributed by atoms with Crippen molar-refractivity contribution in [2.45, 2.75) is 12.8 Å². The Kier molecular flexibility index (Phi) is 3.36. The molecule has 2 heterocycles. The predicted octanol–water partition coefficient (Wildman–Crippen LogP) is 2.17. The third-order valence-electron chi connectivity index (χ3n) is 2.94. The van der Waals surface area contributed by atoms with E-state index in [0.29, 0.717) is 5.78 Å². The number of fused-ring (bicyclic) bond motifs is 1. The van der Waals surface area contributed by atoms with Gasteiger partial charge in [0.2, 0.25) is 0 Å². The van der Waals surface area contributed by atoms with Gasteiger partial charge in [0.15, 0.2) is 0 Å². The third kappa shape index (κ3) is 2.70. The zero-order valence-corrected chi connectivity index (χ0v) is 10.5. The topological polar surface area (TPSA) is 55.1 Å². The van der Waals surface area contributed by atoms with E-state index < -0.39 is 0 Å². The van der Waals surface area contributed by atoms with E-state index in [9.17, 15) is 0 Å². The molecule has 96 valence electrons. The molecule has 19 heavy (non-hydrogen) atoms. The molecule has 0 atom stereocenters. The zero-order chi connectivity index (χ0) is 12.9. The smallest absolute Gasteiger partial charge is 0.254 e. The minimum atomic E-state index is 0.661. The van der Waals surface area contributed by atoms with Crippen LogP contribution in [0, 0.1) is 0 Å². The van der Waals surface area contributed by atoms with Crippen LogP contribution in [0.4, 0.5) is 5.69 Å². The first kappa shape index (κ1) is 11.6. The molecule has 0 radical (unpaired) electrons. The highest BCUT2D eigenvalue weighted by atomic mass is 15.3. The van der Waals surface area contributed by atoms with E-state index in [0.717, 1.165) is 30.9 Å². The molecular formula is C14H15N5. The number of anilines is 1. The van der Waals surface area contributed by atoms with Crippen molar-refractivity contribution in [3.63, 3.8) is 0 Å². The summed E-state index contributed by atoms with van der Waals surface area (Å²) in [6, 6.07) is 12.1. The van der Waals surface area contributed by atoms with Crippen LogP contribution < -0.4 is 5.32 Å². The zero-order valence-electron chi connectivity index (χ0n) is 10.5. The number of aromatic nitrogens is 4. The maximum atomic E-state index is 4.16. The lowest BCUT2D eigenvalue weighted by molar-refractivity contribution is 0.787. The average molecular weight is 253 g/mol. The van der Waals surface area contributed by atoms with Gasteiger partial charge in [-0.15, -0.1) is 10.2 Å². The second-order valence-electron chi connectivity index (χ2n) is 4.30. The highest BCUT2D eigenvalue weighted by Crippen LogP contribution is 2.06. The largest absolute Gasteiger partial charge is 0.385 e. The number of benzene rings is 1. The van der Waals surface area contributed by atoms with Gasteiger partial charge >= 0.3 is 0 Å². The fourth-order valence-electron chi connectivity index (χ4n) is 1.99. The maximum Gasteiger partial charge on any atom is 0.254 e. The molecule has 0 aliphatic heterocycles. The Bertz CT molecular complexity index is 647. The normalized spacial score (nSPS) is 10.7. The van der Waals surface area contributed by atoms with E-state index >= 15 is 0 Å². The van der Waals surface area contributed by atoms with E-state index in [-0.39, 0.29) is 0 Å². The van der Waals surface area contributed by atoms with Crippen LogP contribution in [0.3, 0.4) is 0 Å². The van der Waals surface area contributed by atoms with Crippen molar-refractivity contribution in [3.05, 3.63) is 54.6 Å². The van der Waals surface area contributed by atoms with E-state index in [1.54, 1.807) is 6.20 Å². The first-order valence-electron chi connectivity index (χ1n) is 6.37. The van der Waals surface area contributed by atoms with Gasteiger partial charge in [-0.1, -0.05) is 18.2 Å². The molecule has 5 heteroatoms. The first-order chi connectivity index (χ1) is 9.43. The lowest BCUT2D eigenvalue weighted by Crippen LogP contribution is -2.04. The van der Waals surface area contributed by atoms with Crippen LogP contribution >= 0.6 is 0 Å². The highest BCUT2D eigenvalue weighted by molar-refractivity contribution is 5.42. The molecule has 0 amide bonds. The summed E-state index contributed by atoms with van der Waals surface area (Å²) in [7, 11) is 0. The van der Waals surface area contributed by atoms with Gasteiger partial charge in [-0.3, -0.25) is 4.40 Å². The Morgan fingerprint density at radius 3 is 2.84 bits per heavy atom. The van der Waals surface area contributed by atoms with Crippen molar-refractivity contribution < 1.29 is 0 Å². The van der Waals surface area contributed by atoms with Crippen LogP contribution in [0.25, 0.3) is 5.78 Å². The summed E-state index contributed by atoms with van der Waals surface area (Å²) in [6.45, 7) is 0.916. The molecule has 0 aliphatic carbocycles. The minimum Gasteiger partial charge on any atom is -0.385 e. The van der Waals surface area contributed by atoms with E-state index in [2.05, 4.69) is 32.6 Å². The Balaban J connectivity index is 1.55. The molecule has 0 fully saturated rings. The van der Waals surface area contributed by atoms with Gasteiger partial charge in [-0.25, -0.2) is 4.98 Å². The van der Waals surface area contributed by atoms with Gasteiger partial charge in [-0.2, -0.15) is 0 Å². The SMILES string of the molecule is c1ccc(NCCCc2nnc3ncccn23)cc1. The molecule has 3 aromatic rings. The molecule has 3 rings (SSSR count). The van der Waals surface area contributed by atoms with Crippen molar-refractivity contribution >= 4 is 11.5 Å². The van der Waals surface area contributed by atoms with E-state index in [4.69, 9.17) is 0 Å². The van der Waals surface area contributed by atoms with Gasteiger partial charge in [0.05, 0.1) is 0 Å². The predicted molar refractivity (Wildman–Crippen MR) is 74.0 cm³/mol. The monoisotopic (exact) mass is 253 g/mol. The first-order valence-corrected chi connectivity index (χ1v) is 6.37. The fourth-order valence-corrected chi connectivity index (χ4v) is 1.99. The lowest BCUT2D eigenvalue weighted by atomic mass is 10.2. The standard InChI is InChI=1S/C14H15N5/c1-2-6-12(7-3-1)15-9-4-8-13-17-18-14-16-10-5-11-19(13)14/h1-3,5-7,10-11,15H,4,8-9H2. The number of para-hydroxylation sites is 1. The van der Waals surface area contributed by atoms with Crippen LogP contribution in [0.2, 0.25) is 0 Å². The van der Waals surface area contributed by atoms with Crippen molar-refractivity contribution in [1.82, 2.24) is 19.6 Å². The van der Waals surface area contributed by atoms with Gasteiger partial charge in [0, 0.05) is 31.0 Å². The van der Waals surface area contributed by atoms with Crippen molar-refractivity contribution in [1.29, 1.82) is 0 Å². The van der Waals surface area contributed by atoms with Gasteiger partial charge in [0.1, 0.15) is 5.82 Å². The molecule has 0 saturated carbocycles. The number of nitrogens with zero attached hydrogens (tertiary/aromatic N) is 4. The Morgan fingerprint density at radius 1 is 1.05 bits per heavy atom. The molecule has 5 nitrogen and oxygen atoms in total. The summed E-state index contributed by atoms with van der Waals surface area (Å²) in [5.41, 5.74) is 1.15. The Morgan fingerprint density at radius 2 is 1.95 bits per heavy atom. The molecular weight excluding hydrogens is 238 g/mol. The molecule has 0 bridgehead atoms. The summed E-state index contributed by atoms with van der Waals surface area (Å²) in [5.74, 6) is 1.62. The van der Waals surface area contributed by atoms with Gasteiger partial charge in [-0.05, 0) is 24.6 Å². The lowest BCUT2D eigenvalue weighted by Gasteiger charge is -2.05. The van der Waals surface area contributed by atoms with Gasteiger partial charge < -0.3 is 5.32 Å². The number of aryl methyl sites for hydroxylation is 1. The maximum absolute atomic E-state index is 4.16. The van der Waals surface area contributed by atoms with Crippen molar-refractivity contribution in [2.24, 2.45) is 0 Å². The second kappa shape index (κ2) is 5.48. The Labute approximate surface area is 111 Å². The molecule has 2 aromatic heterocycles. The summed E-state index contributed by atoms with van der Waals surface area (Å²) in [5, 5.41) is 11.6. The summed E-state index contributed by atoms with van der Waals surface area (Å²) >= 11 is 0. The molecule has 0 unspecified atom stereocenters. The molecule has 0 aliphatic rings. The summed E-state index contributed by atoms with van der Waals surface area (Å²) in [6.07, 6.45) is 5.56. The second-order valence-corrected chi connectivity index (χ2v) is 4.30. The van der Waals surface area contributed by atoms with E-state index in [1.165, 1.54) is 0 Å². The van der Waals surface area contributed by atoms with Crippen LogP contribution in [-0.4, -0.2) is 26.1 Å². The quantitative estimate of drug-likeness (QED) is 0.708.